The van der Waals surface area contributed by atoms with Crippen molar-refractivity contribution in [1.29, 1.82) is 0 Å². The fourth-order valence-corrected chi connectivity index (χ4v) is 1.56. The Bertz CT molecular complexity index is 417. The fourth-order valence-electron chi connectivity index (χ4n) is 1.56. The molecule has 1 unspecified atom stereocenters. The molecule has 1 atom stereocenters. The van der Waals surface area contributed by atoms with E-state index in [-0.39, 0.29) is 17.6 Å². The number of nitro benzene ring substituents is 1. The third kappa shape index (κ3) is 3.55. The summed E-state index contributed by atoms with van der Waals surface area (Å²) in [5.41, 5.74) is 0.599. The summed E-state index contributed by atoms with van der Waals surface area (Å²) in [6.45, 7) is 3.75. The summed E-state index contributed by atoms with van der Waals surface area (Å²) in [5.74, 6) is -0.707. The number of nitro groups is 1. The molecule has 0 aliphatic heterocycles. The first-order valence-electron chi connectivity index (χ1n) is 5.45. The van der Waals surface area contributed by atoms with Crippen molar-refractivity contribution in [2.75, 3.05) is 6.61 Å². The number of rotatable bonds is 5. The summed E-state index contributed by atoms with van der Waals surface area (Å²) in [7, 11) is 0. The van der Waals surface area contributed by atoms with E-state index >= 15 is 0 Å². The number of ether oxygens (including phenoxy) is 1. The Hall–Kier alpha value is -1.91. The Labute approximate surface area is 99.5 Å². The highest BCUT2D eigenvalue weighted by Crippen LogP contribution is 2.21. The van der Waals surface area contributed by atoms with E-state index in [1.54, 1.807) is 32.0 Å². The highest BCUT2D eigenvalue weighted by Gasteiger charge is 2.20. The molecule has 5 heteroatoms. The van der Waals surface area contributed by atoms with Crippen LogP contribution in [0.4, 0.5) is 5.69 Å². The van der Waals surface area contributed by atoms with E-state index in [2.05, 4.69) is 0 Å². The van der Waals surface area contributed by atoms with Gasteiger partial charge in [0.2, 0.25) is 0 Å². The van der Waals surface area contributed by atoms with Crippen LogP contribution in [0.3, 0.4) is 0 Å². The van der Waals surface area contributed by atoms with E-state index in [0.717, 1.165) is 0 Å². The molecule has 0 N–H and O–H groups in total. The molecule has 0 fully saturated rings. The van der Waals surface area contributed by atoms with E-state index < -0.39 is 4.92 Å². The zero-order valence-electron chi connectivity index (χ0n) is 9.88. The molecular weight excluding hydrogens is 222 g/mol. The molecule has 0 saturated carbocycles. The molecule has 0 aliphatic carbocycles. The number of hydrogen-bond donors (Lipinski definition) is 0. The van der Waals surface area contributed by atoms with Crippen LogP contribution >= 0.6 is 0 Å². The van der Waals surface area contributed by atoms with Crippen LogP contribution in [0.15, 0.2) is 24.3 Å². The smallest absolute Gasteiger partial charge is 0.308 e. The molecular formula is C12H15NO4. The monoisotopic (exact) mass is 237 g/mol. The van der Waals surface area contributed by atoms with Gasteiger partial charge in [0.25, 0.3) is 5.69 Å². The largest absolute Gasteiger partial charge is 0.466 e. The van der Waals surface area contributed by atoms with E-state index in [1.165, 1.54) is 6.07 Å². The van der Waals surface area contributed by atoms with Gasteiger partial charge in [0.15, 0.2) is 0 Å². The molecule has 1 rings (SSSR count). The summed E-state index contributed by atoms with van der Waals surface area (Å²) in [5, 5.41) is 10.8. The van der Waals surface area contributed by atoms with Gasteiger partial charge in [-0.15, -0.1) is 0 Å². The molecule has 0 bridgehead atoms. The fraction of sp³-hybridized carbons (Fsp3) is 0.417. The molecule has 0 heterocycles. The Morgan fingerprint density at radius 2 is 2.12 bits per heavy atom. The van der Waals surface area contributed by atoms with Crippen molar-refractivity contribution in [2.45, 2.75) is 20.3 Å². The lowest BCUT2D eigenvalue weighted by Gasteiger charge is -2.10. The van der Waals surface area contributed by atoms with Crippen LogP contribution in [-0.2, 0) is 16.0 Å². The van der Waals surface area contributed by atoms with Crippen LogP contribution in [-0.4, -0.2) is 17.5 Å². The van der Waals surface area contributed by atoms with Gasteiger partial charge in [0.05, 0.1) is 17.4 Å². The predicted molar refractivity (Wildman–Crippen MR) is 62.6 cm³/mol. The first-order valence-corrected chi connectivity index (χ1v) is 5.45. The van der Waals surface area contributed by atoms with Gasteiger partial charge >= 0.3 is 5.97 Å². The number of hydrogen-bond acceptors (Lipinski definition) is 4. The molecule has 0 aromatic heterocycles. The first kappa shape index (κ1) is 13.2. The maximum atomic E-state index is 11.4. The summed E-state index contributed by atoms with van der Waals surface area (Å²) in [6, 6.07) is 6.43. The lowest BCUT2D eigenvalue weighted by Crippen LogP contribution is -2.17. The molecule has 0 aliphatic rings. The second kappa shape index (κ2) is 5.98. The molecule has 1 aromatic carbocycles. The van der Waals surface area contributed by atoms with E-state index in [4.69, 9.17) is 4.74 Å². The van der Waals surface area contributed by atoms with Crippen molar-refractivity contribution >= 4 is 11.7 Å². The maximum absolute atomic E-state index is 11.4. The van der Waals surface area contributed by atoms with Gasteiger partial charge in [0, 0.05) is 11.6 Å². The number of para-hydroxylation sites is 1. The average molecular weight is 237 g/mol. The summed E-state index contributed by atoms with van der Waals surface area (Å²) in [6.07, 6.45) is 0.315. The standard InChI is InChI=1S/C12H15NO4/c1-3-17-12(14)9(2)8-10-6-4-5-7-11(10)13(15)16/h4-7,9H,3,8H2,1-2H3. The highest BCUT2D eigenvalue weighted by molar-refractivity contribution is 5.72. The van der Waals surface area contributed by atoms with E-state index in [0.29, 0.717) is 18.6 Å². The molecule has 92 valence electrons. The van der Waals surface area contributed by atoms with Gasteiger partial charge in [-0.2, -0.15) is 0 Å². The van der Waals surface area contributed by atoms with Gasteiger partial charge in [-0.25, -0.2) is 0 Å². The van der Waals surface area contributed by atoms with Gasteiger partial charge in [0.1, 0.15) is 0 Å². The summed E-state index contributed by atoms with van der Waals surface area (Å²) >= 11 is 0. The van der Waals surface area contributed by atoms with Gasteiger partial charge in [-0.1, -0.05) is 25.1 Å². The second-order valence-corrected chi connectivity index (χ2v) is 3.74. The van der Waals surface area contributed by atoms with Crippen LogP contribution in [0, 0.1) is 16.0 Å². The summed E-state index contributed by atoms with van der Waals surface area (Å²) < 4.78 is 4.87. The number of nitrogens with zero attached hydrogens (tertiary/aromatic N) is 1. The van der Waals surface area contributed by atoms with Crippen molar-refractivity contribution in [3.05, 3.63) is 39.9 Å². The molecule has 1 aromatic rings. The average Bonchev–Trinajstić information content (AvgIpc) is 2.29. The predicted octanol–water partition coefficient (Wildman–Crippen LogP) is 2.34. The summed E-state index contributed by atoms with van der Waals surface area (Å²) in [4.78, 5) is 21.8. The Kier molecular flexibility index (Phi) is 4.63. The van der Waals surface area contributed by atoms with Crippen molar-refractivity contribution < 1.29 is 14.5 Å². The van der Waals surface area contributed by atoms with Crippen molar-refractivity contribution in [1.82, 2.24) is 0 Å². The minimum Gasteiger partial charge on any atom is -0.466 e. The SMILES string of the molecule is CCOC(=O)C(C)Cc1ccccc1[N+](=O)[O-]. The maximum Gasteiger partial charge on any atom is 0.308 e. The van der Waals surface area contributed by atoms with E-state index in [9.17, 15) is 14.9 Å². The van der Waals surface area contributed by atoms with Gasteiger partial charge in [-0.3, -0.25) is 14.9 Å². The van der Waals surface area contributed by atoms with Crippen LogP contribution in [0.2, 0.25) is 0 Å². The minimum atomic E-state index is -0.437. The Morgan fingerprint density at radius 1 is 1.47 bits per heavy atom. The normalized spacial score (nSPS) is 11.9. The Morgan fingerprint density at radius 3 is 2.71 bits per heavy atom. The molecule has 0 amide bonds. The zero-order valence-corrected chi connectivity index (χ0v) is 9.88. The topological polar surface area (TPSA) is 69.4 Å². The molecule has 0 spiro atoms. The lowest BCUT2D eigenvalue weighted by atomic mass is 10.00. The number of benzene rings is 1. The van der Waals surface area contributed by atoms with Crippen LogP contribution in [0.25, 0.3) is 0 Å². The van der Waals surface area contributed by atoms with Gasteiger partial charge in [-0.05, 0) is 13.3 Å². The third-order valence-corrected chi connectivity index (χ3v) is 2.40. The van der Waals surface area contributed by atoms with Crippen LogP contribution < -0.4 is 0 Å². The van der Waals surface area contributed by atoms with Crippen LogP contribution in [0.1, 0.15) is 19.4 Å². The van der Waals surface area contributed by atoms with Crippen molar-refractivity contribution in [3.63, 3.8) is 0 Å². The third-order valence-electron chi connectivity index (χ3n) is 2.40. The lowest BCUT2D eigenvalue weighted by molar-refractivity contribution is -0.385. The van der Waals surface area contributed by atoms with Crippen molar-refractivity contribution in [2.24, 2.45) is 5.92 Å². The number of carbonyl (C=O) groups is 1. The molecule has 17 heavy (non-hydrogen) atoms. The minimum absolute atomic E-state index is 0.0450. The molecule has 0 radical (unpaired) electrons. The second-order valence-electron chi connectivity index (χ2n) is 3.74. The number of carbonyl (C=O) groups excluding carboxylic acids is 1. The van der Waals surface area contributed by atoms with Gasteiger partial charge < -0.3 is 4.74 Å². The molecule has 5 nitrogen and oxygen atoms in total. The molecule has 0 saturated heterocycles. The Balaban J connectivity index is 2.81. The van der Waals surface area contributed by atoms with E-state index in [1.807, 2.05) is 0 Å². The van der Waals surface area contributed by atoms with Crippen molar-refractivity contribution in [3.8, 4) is 0 Å². The zero-order chi connectivity index (χ0) is 12.8. The number of esters is 1. The van der Waals surface area contributed by atoms with Crippen LogP contribution in [0.5, 0.6) is 0 Å². The first-order chi connectivity index (χ1) is 8.06. The quantitative estimate of drug-likeness (QED) is 0.447. The highest BCUT2D eigenvalue weighted by atomic mass is 16.6.